The maximum atomic E-state index is 12.7. The molecular formula is C16H26N6O3. The lowest BCUT2D eigenvalue weighted by Gasteiger charge is -2.26. The van der Waals surface area contributed by atoms with E-state index >= 15 is 0 Å². The Kier molecular flexibility index (Phi) is 4.68. The molecule has 0 bridgehead atoms. The van der Waals surface area contributed by atoms with Crippen LogP contribution < -0.4 is 5.01 Å². The van der Waals surface area contributed by atoms with Crippen molar-refractivity contribution in [3.05, 3.63) is 5.82 Å². The van der Waals surface area contributed by atoms with Gasteiger partial charge in [0, 0.05) is 26.2 Å². The quantitative estimate of drug-likeness (QED) is 0.861. The number of carbonyl (C=O) groups excluding carboxylic acids is 1. The molecule has 25 heavy (non-hydrogen) atoms. The first-order valence-corrected chi connectivity index (χ1v) is 8.77. The van der Waals surface area contributed by atoms with Crippen molar-refractivity contribution in [2.24, 2.45) is 11.3 Å². The van der Waals surface area contributed by atoms with Gasteiger partial charge in [0.05, 0.1) is 0 Å². The van der Waals surface area contributed by atoms with Crippen molar-refractivity contribution in [2.75, 3.05) is 31.2 Å². The summed E-state index contributed by atoms with van der Waals surface area (Å²) in [7, 11) is 0. The third-order valence-electron chi connectivity index (χ3n) is 5.11. The van der Waals surface area contributed by atoms with Crippen LogP contribution in [0.15, 0.2) is 0 Å². The maximum absolute atomic E-state index is 12.7. The average Bonchev–Trinajstić information content (AvgIpc) is 3.27. The first-order valence-electron chi connectivity index (χ1n) is 8.77. The molecule has 3 rings (SSSR count). The minimum Gasteiger partial charge on any atom is -0.464 e. The number of hydrogen-bond acceptors (Lipinski definition) is 5. The topological polar surface area (TPSA) is 106 Å². The minimum absolute atomic E-state index is 0.00400. The van der Waals surface area contributed by atoms with Gasteiger partial charge < -0.3 is 10.0 Å². The third-order valence-corrected chi connectivity index (χ3v) is 5.11. The lowest BCUT2D eigenvalue weighted by Crippen LogP contribution is -2.45. The van der Waals surface area contributed by atoms with Crippen molar-refractivity contribution in [1.29, 1.82) is 0 Å². The van der Waals surface area contributed by atoms with Gasteiger partial charge in [-0.3, -0.25) is 9.89 Å². The number of carboxylic acid groups (broad SMARTS) is 1. The molecule has 0 aromatic carbocycles. The molecule has 1 aromatic heterocycles. The Labute approximate surface area is 147 Å². The molecule has 2 N–H and O–H groups in total. The first kappa shape index (κ1) is 17.7. The van der Waals surface area contributed by atoms with Crippen molar-refractivity contribution < 1.29 is 14.7 Å². The van der Waals surface area contributed by atoms with E-state index in [1.165, 1.54) is 0 Å². The van der Waals surface area contributed by atoms with Crippen molar-refractivity contribution in [1.82, 2.24) is 25.1 Å². The summed E-state index contributed by atoms with van der Waals surface area (Å²) in [5, 5.41) is 18.8. The van der Waals surface area contributed by atoms with Crippen LogP contribution in [0.25, 0.3) is 0 Å². The minimum atomic E-state index is -1.14. The van der Waals surface area contributed by atoms with Gasteiger partial charge in [-0.05, 0) is 30.6 Å². The number of aromatic amines is 1. The fraction of sp³-hybridized carbons (Fsp3) is 0.750. The van der Waals surface area contributed by atoms with Crippen LogP contribution in [0.2, 0.25) is 0 Å². The Morgan fingerprint density at radius 1 is 1.24 bits per heavy atom. The summed E-state index contributed by atoms with van der Waals surface area (Å²) in [4.78, 5) is 30.1. The van der Waals surface area contributed by atoms with Gasteiger partial charge in [0.2, 0.25) is 5.82 Å². The molecule has 0 aliphatic carbocycles. The molecular weight excluding hydrogens is 324 g/mol. The number of amides is 2. The molecule has 138 valence electrons. The third kappa shape index (κ3) is 3.60. The second kappa shape index (κ2) is 6.62. The van der Waals surface area contributed by atoms with Gasteiger partial charge in [-0.1, -0.05) is 20.8 Å². The Morgan fingerprint density at radius 3 is 2.48 bits per heavy atom. The number of carbonyl (C=O) groups is 2. The number of rotatable bonds is 3. The zero-order valence-electron chi connectivity index (χ0n) is 15.0. The summed E-state index contributed by atoms with van der Waals surface area (Å²) in [5.41, 5.74) is 0.150. The standard InChI is InChI=1S/C16H26N6O3/c1-16(2,3)11-6-9-20(10-11)13(23)12-17-14(19-18-12)22(15(24)25)21-7-4-5-8-21/h11H,4-10H2,1-3H3,(H,24,25)(H,17,18,19). The van der Waals surface area contributed by atoms with E-state index in [9.17, 15) is 14.7 Å². The largest absolute Gasteiger partial charge is 0.464 e. The molecule has 2 saturated heterocycles. The molecule has 3 heterocycles. The molecule has 2 aliphatic rings. The Bertz CT molecular complexity index is 647. The molecule has 9 heteroatoms. The van der Waals surface area contributed by atoms with Gasteiger partial charge in [-0.15, -0.1) is 5.10 Å². The highest BCUT2D eigenvalue weighted by atomic mass is 16.4. The highest BCUT2D eigenvalue weighted by molar-refractivity contribution is 5.91. The van der Waals surface area contributed by atoms with Crippen LogP contribution >= 0.6 is 0 Å². The maximum Gasteiger partial charge on any atom is 0.429 e. The second-order valence-electron chi connectivity index (χ2n) is 7.84. The molecule has 1 unspecified atom stereocenters. The number of anilines is 1. The van der Waals surface area contributed by atoms with E-state index in [-0.39, 0.29) is 23.1 Å². The van der Waals surface area contributed by atoms with Crippen molar-refractivity contribution in [3.8, 4) is 0 Å². The number of likely N-dealkylation sites (tertiary alicyclic amines) is 1. The Balaban J connectivity index is 1.72. The fourth-order valence-corrected chi connectivity index (χ4v) is 3.48. The van der Waals surface area contributed by atoms with E-state index in [4.69, 9.17) is 0 Å². The summed E-state index contributed by atoms with van der Waals surface area (Å²) in [6.45, 7) is 9.20. The number of hydrogen-bond donors (Lipinski definition) is 2. The second-order valence-corrected chi connectivity index (χ2v) is 7.84. The predicted octanol–water partition coefficient (Wildman–Crippen LogP) is 1.81. The smallest absolute Gasteiger partial charge is 0.429 e. The molecule has 2 amide bonds. The highest BCUT2D eigenvalue weighted by Gasteiger charge is 2.36. The van der Waals surface area contributed by atoms with Crippen LogP contribution in [0.4, 0.5) is 10.7 Å². The number of aromatic nitrogens is 3. The summed E-state index contributed by atoms with van der Waals surface area (Å²) >= 11 is 0. The van der Waals surface area contributed by atoms with Gasteiger partial charge >= 0.3 is 6.09 Å². The molecule has 1 aromatic rings. The zero-order valence-corrected chi connectivity index (χ0v) is 15.0. The molecule has 0 spiro atoms. The van der Waals surface area contributed by atoms with Crippen LogP contribution in [0.3, 0.4) is 0 Å². The van der Waals surface area contributed by atoms with Gasteiger partial charge in [0.1, 0.15) is 0 Å². The van der Waals surface area contributed by atoms with Crippen LogP contribution in [0.1, 0.15) is 50.7 Å². The molecule has 2 aliphatic heterocycles. The summed E-state index contributed by atoms with van der Waals surface area (Å²) < 4.78 is 0. The van der Waals surface area contributed by atoms with Gasteiger partial charge in [-0.25, -0.2) is 9.80 Å². The van der Waals surface area contributed by atoms with E-state index in [2.05, 4.69) is 36.0 Å². The Hall–Kier alpha value is -2.16. The summed E-state index contributed by atoms with van der Waals surface area (Å²) in [6.07, 6.45) is 1.68. The van der Waals surface area contributed by atoms with Crippen LogP contribution in [-0.2, 0) is 0 Å². The van der Waals surface area contributed by atoms with E-state index in [1.807, 2.05) is 0 Å². The molecule has 2 fully saturated rings. The van der Waals surface area contributed by atoms with E-state index in [0.29, 0.717) is 32.1 Å². The summed E-state index contributed by atoms with van der Waals surface area (Å²) in [5.74, 6) is 0.315. The predicted molar refractivity (Wildman–Crippen MR) is 91.2 cm³/mol. The van der Waals surface area contributed by atoms with E-state index in [1.54, 1.807) is 9.91 Å². The van der Waals surface area contributed by atoms with Crippen molar-refractivity contribution in [2.45, 2.75) is 40.0 Å². The van der Waals surface area contributed by atoms with Crippen molar-refractivity contribution >= 4 is 17.9 Å². The zero-order chi connectivity index (χ0) is 18.2. The van der Waals surface area contributed by atoms with Crippen molar-refractivity contribution in [3.63, 3.8) is 0 Å². The molecule has 9 nitrogen and oxygen atoms in total. The number of nitrogens with zero attached hydrogens (tertiary/aromatic N) is 5. The summed E-state index contributed by atoms with van der Waals surface area (Å²) in [6, 6.07) is 0. The van der Waals surface area contributed by atoms with E-state index in [0.717, 1.165) is 24.3 Å². The number of hydrazine groups is 1. The monoisotopic (exact) mass is 350 g/mol. The van der Waals surface area contributed by atoms with Gasteiger partial charge in [0.15, 0.2) is 0 Å². The SMILES string of the molecule is CC(C)(C)C1CCN(C(=O)c2nc(N(C(=O)O)N3CCCC3)n[nH]2)C1. The van der Waals surface area contributed by atoms with E-state index < -0.39 is 6.09 Å². The van der Waals surface area contributed by atoms with Crippen LogP contribution in [0, 0.1) is 11.3 Å². The van der Waals surface area contributed by atoms with Crippen LogP contribution in [-0.4, -0.2) is 68.4 Å². The number of H-pyrrole nitrogens is 1. The lowest BCUT2D eigenvalue weighted by molar-refractivity contribution is 0.0764. The Morgan fingerprint density at radius 2 is 1.92 bits per heavy atom. The highest BCUT2D eigenvalue weighted by Crippen LogP contribution is 2.34. The normalized spacial score (nSPS) is 21.7. The molecule has 0 saturated carbocycles. The van der Waals surface area contributed by atoms with Crippen LogP contribution in [0.5, 0.6) is 0 Å². The fourth-order valence-electron chi connectivity index (χ4n) is 3.48. The van der Waals surface area contributed by atoms with Gasteiger partial charge in [-0.2, -0.15) is 9.99 Å². The lowest BCUT2D eigenvalue weighted by atomic mass is 9.80. The number of nitrogens with one attached hydrogen (secondary N) is 1. The molecule has 1 atom stereocenters. The molecule has 0 radical (unpaired) electrons. The first-order chi connectivity index (χ1) is 11.8. The average molecular weight is 350 g/mol. The van der Waals surface area contributed by atoms with Gasteiger partial charge in [0.25, 0.3) is 11.9 Å².